The third-order valence-corrected chi connectivity index (χ3v) is 4.58. The van der Waals surface area contributed by atoms with Crippen LogP contribution in [-0.2, 0) is 11.2 Å². The second kappa shape index (κ2) is 7.14. The van der Waals surface area contributed by atoms with Gasteiger partial charge in [0.05, 0.1) is 6.54 Å². The Morgan fingerprint density at radius 2 is 2.10 bits per heavy atom. The van der Waals surface area contributed by atoms with Gasteiger partial charge in [0.25, 0.3) is 0 Å². The first kappa shape index (κ1) is 15.4. The van der Waals surface area contributed by atoms with E-state index in [1.54, 1.807) is 0 Å². The Labute approximate surface area is 126 Å². The molecule has 2 unspecified atom stereocenters. The maximum absolute atomic E-state index is 12.1. The predicted octanol–water partition coefficient (Wildman–Crippen LogP) is 2.82. The topological polar surface area (TPSA) is 32.3 Å². The van der Waals surface area contributed by atoms with Crippen LogP contribution in [0.2, 0.25) is 0 Å². The molecule has 1 fully saturated rings. The predicted molar refractivity (Wildman–Crippen MR) is 85.9 cm³/mol. The van der Waals surface area contributed by atoms with Crippen molar-refractivity contribution < 1.29 is 4.79 Å². The second-order valence-corrected chi connectivity index (χ2v) is 6.30. The second-order valence-electron chi connectivity index (χ2n) is 5.31. The van der Waals surface area contributed by atoms with E-state index >= 15 is 0 Å². The first-order valence-corrected chi connectivity index (χ1v) is 8.69. The first-order chi connectivity index (χ1) is 9.67. The molecule has 0 saturated carbocycles. The highest BCUT2D eigenvalue weighted by atomic mass is 32.2. The van der Waals surface area contributed by atoms with E-state index in [0.29, 0.717) is 6.54 Å². The summed E-state index contributed by atoms with van der Waals surface area (Å²) in [5, 5.41) is 3.34. The van der Waals surface area contributed by atoms with Gasteiger partial charge < -0.3 is 4.90 Å². The zero-order chi connectivity index (χ0) is 14.5. The number of carbonyl (C=O) groups is 1. The van der Waals surface area contributed by atoms with Crippen molar-refractivity contribution in [1.82, 2.24) is 10.2 Å². The number of thioether (sulfide) groups is 1. The summed E-state index contributed by atoms with van der Waals surface area (Å²) in [4.78, 5) is 14.2. The van der Waals surface area contributed by atoms with Crippen molar-refractivity contribution in [2.75, 3.05) is 18.6 Å². The highest BCUT2D eigenvalue weighted by molar-refractivity contribution is 7.98. The maximum Gasteiger partial charge on any atom is 0.238 e. The van der Waals surface area contributed by atoms with Crippen molar-refractivity contribution in [2.24, 2.45) is 0 Å². The van der Waals surface area contributed by atoms with Crippen LogP contribution in [-0.4, -0.2) is 35.4 Å². The van der Waals surface area contributed by atoms with Crippen molar-refractivity contribution in [3.63, 3.8) is 0 Å². The third-order valence-electron chi connectivity index (χ3n) is 3.93. The van der Waals surface area contributed by atoms with E-state index in [1.165, 1.54) is 11.1 Å². The van der Waals surface area contributed by atoms with Crippen LogP contribution in [0, 0.1) is 0 Å². The number of hydrogen-bond acceptors (Lipinski definition) is 3. The molecule has 0 radical (unpaired) electrons. The van der Waals surface area contributed by atoms with E-state index in [0.717, 1.165) is 18.6 Å². The minimum atomic E-state index is 0.0327. The molecule has 1 aromatic rings. The molecular weight excluding hydrogens is 268 g/mol. The van der Waals surface area contributed by atoms with Gasteiger partial charge in [-0.25, -0.2) is 0 Å². The van der Waals surface area contributed by atoms with Crippen LogP contribution < -0.4 is 5.32 Å². The summed E-state index contributed by atoms with van der Waals surface area (Å²) in [6.07, 6.45) is 4.23. The summed E-state index contributed by atoms with van der Waals surface area (Å²) >= 11 is 1.83. The molecule has 0 spiro atoms. The SMILES string of the molecule is CCc1ccc(C2NCC(=O)N2C(C)CCSC)cc1. The number of carbonyl (C=O) groups excluding carboxylic acids is 1. The lowest BCUT2D eigenvalue weighted by Crippen LogP contribution is -2.38. The standard InChI is InChI=1S/C16H24N2OS/c1-4-13-5-7-14(8-6-13)16-17-11-15(19)18(16)12(2)9-10-20-3/h5-8,12,16-17H,4,9-11H2,1-3H3. The largest absolute Gasteiger partial charge is 0.319 e. The summed E-state index contributed by atoms with van der Waals surface area (Å²) < 4.78 is 0. The lowest BCUT2D eigenvalue weighted by atomic mass is 10.1. The zero-order valence-electron chi connectivity index (χ0n) is 12.6. The Morgan fingerprint density at radius 3 is 2.70 bits per heavy atom. The third kappa shape index (κ3) is 3.36. The molecule has 2 atom stereocenters. The monoisotopic (exact) mass is 292 g/mol. The molecule has 0 aromatic heterocycles. The molecule has 0 bridgehead atoms. The Balaban J connectivity index is 2.13. The molecule has 0 aliphatic carbocycles. The van der Waals surface area contributed by atoms with E-state index in [9.17, 15) is 4.79 Å². The lowest BCUT2D eigenvalue weighted by molar-refractivity contribution is -0.130. The molecular formula is C16H24N2OS. The average molecular weight is 292 g/mol. The van der Waals surface area contributed by atoms with Crippen molar-refractivity contribution in [1.29, 1.82) is 0 Å². The molecule has 1 aliphatic rings. The van der Waals surface area contributed by atoms with Crippen molar-refractivity contribution >= 4 is 17.7 Å². The molecule has 1 aliphatic heterocycles. The molecule has 110 valence electrons. The number of nitrogens with one attached hydrogen (secondary N) is 1. The smallest absolute Gasteiger partial charge is 0.238 e. The van der Waals surface area contributed by atoms with Gasteiger partial charge in [-0.3, -0.25) is 10.1 Å². The van der Waals surface area contributed by atoms with Gasteiger partial charge in [-0.1, -0.05) is 31.2 Å². The summed E-state index contributed by atoms with van der Waals surface area (Å²) in [6.45, 7) is 4.75. The Kier molecular flexibility index (Phi) is 5.49. The summed E-state index contributed by atoms with van der Waals surface area (Å²) in [5.74, 6) is 1.30. The lowest BCUT2D eigenvalue weighted by Gasteiger charge is -2.30. The fourth-order valence-electron chi connectivity index (χ4n) is 2.66. The normalized spacial score (nSPS) is 20.4. The molecule has 4 heteroatoms. The van der Waals surface area contributed by atoms with E-state index in [2.05, 4.69) is 49.7 Å². The van der Waals surface area contributed by atoms with Crippen LogP contribution >= 0.6 is 11.8 Å². The van der Waals surface area contributed by atoms with Crippen LogP contribution in [0.3, 0.4) is 0 Å². The number of benzene rings is 1. The van der Waals surface area contributed by atoms with Gasteiger partial charge in [-0.15, -0.1) is 0 Å². The number of nitrogens with zero attached hydrogens (tertiary/aromatic N) is 1. The number of rotatable bonds is 6. The zero-order valence-corrected chi connectivity index (χ0v) is 13.4. The first-order valence-electron chi connectivity index (χ1n) is 7.29. The molecule has 1 N–H and O–H groups in total. The molecule has 1 amide bonds. The molecule has 1 heterocycles. The van der Waals surface area contributed by atoms with Gasteiger partial charge in [-0.2, -0.15) is 11.8 Å². The van der Waals surface area contributed by atoms with E-state index in [4.69, 9.17) is 0 Å². The van der Waals surface area contributed by atoms with Crippen LogP contribution in [0.15, 0.2) is 24.3 Å². The fraction of sp³-hybridized carbons (Fsp3) is 0.562. The van der Waals surface area contributed by atoms with Gasteiger partial charge in [0.15, 0.2) is 0 Å². The van der Waals surface area contributed by atoms with Crippen LogP contribution in [0.1, 0.15) is 37.6 Å². The number of amides is 1. The molecule has 20 heavy (non-hydrogen) atoms. The van der Waals surface area contributed by atoms with Crippen molar-refractivity contribution in [2.45, 2.75) is 38.9 Å². The summed E-state index contributed by atoms with van der Waals surface area (Å²) in [6, 6.07) is 8.88. The van der Waals surface area contributed by atoms with Gasteiger partial charge in [0, 0.05) is 6.04 Å². The Hall–Kier alpha value is -1.00. The number of aryl methyl sites for hydroxylation is 1. The highest BCUT2D eigenvalue weighted by Crippen LogP contribution is 2.26. The van der Waals surface area contributed by atoms with Gasteiger partial charge in [0.2, 0.25) is 5.91 Å². The minimum Gasteiger partial charge on any atom is -0.319 e. The van der Waals surface area contributed by atoms with E-state index in [1.807, 2.05) is 16.7 Å². The molecule has 1 aromatic carbocycles. The highest BCUT2D eigenvalue weighted by Gasteiger charge is 2.34. The fourth-order valence-corrected chi connectivity index (χ4v) is 3.24. The van der Waals surface area contributed by atoms with Gasteiger partial charge in [-0.05, 0) is 42.9 Å². The summed E-state index contributed by atoms with van der Waals surface area (Å²) in [7, 11) is 0. The van der Waals surface area contributed by atoms with Crippen LogP contribution in [0.4, 0.5) is 0 Å². The van der Waals surface area contributed by atoms with E-state index in [-0.39, 0.29) is 18.1 Å². The van der Waals surface area contributed by atoms with Gasteiger partial charge >= 0.3 is 0 Å². The van der Waals surface area contributed by atoms with Crippen molar-refractivity contribution in [3.05, 3.63) is 35.4 Å². The average Bonchev–Trinajstić information content (AvgIpc) is 2.86. The maximum atomic E-state index is 12.1. The molecule has 1 saturated heterocycles. The van der Waals surface area contributed by atoms with Crippen LogP contribution in [0.25, 0.3) is 0 Å². The quantitative estimate of drug-likeness (QED) is 0.875. The van der Waals surface area contributed by atoms with Crippen LogP contribution in [0.5, 0.6) is 0 Å². The molecule has 3 nitrogen and oxygen atoms in total. The van der Waals surface area contributed by atoms with E-state index < -0.39 is 0 Å². The Bertz CT molecular complexity index is 446. The summed E-state index contributed by atoms with van der Waals surface area (Å²) in [5.41, 5.74) is 2.52. The Morgan fingerprint density at radius 1 is 1.40 bits per heavy atom. The van der Waals surface area contributed by atoms with Gasteiger partial charge in [0.1, 0.15) is 6.17 Å². The van der Waals surface area contributed by atoms with Crippen molar-refractivity contribution in [3.8, 4) is 0 Å². The molecule has 2 rings (SSSR count). The number of hydrogen-bond donors (Lipinski definition) is 1. The minimum absolute atomic E-state index is 0.0327.